The lowest BCUT2D eigenvalue weighted by Crippen LogP contribution is -2.35. The number of carboxylic acid groups (broad SMARTS) is 1. The highest BCUT2D eigenvalue weighted by atomic mass is 35.5. The lowest BCUT2D eigenvalue weighted by atomic mass is 9.93. The largest absolute Gasteiger partial charge is 0.480 e. The molecule has 16 heteroatoms. The molecule has 4 rings (SSSR count). The molecule has 0 aromatic heterocycles. The molecule has 2 aromatic rings. The minimum absolute atomic E-state index is 0.0233. The number of halogens is 3. The van der Waals surface area contributed by atoms with Crippen molar-refractivity contribution >= 4 is 65.6 Å². The third kappa shape index (κ3) is 12.7. The summed E-state index contributed by atoms with van der Waals surface area (Å²) in [6, 6.07) is 7.34. The molecule has 0 fully saturated rings. The molecular weight excluding hydrogens is 751 g/mol. The second kappa shape index (κ2) is 21.2. The Labute approximate surface area is 319 Å². The minimum atomic E-state index is -3.10. The van der Waals surface area contributed by atoms with Crippen LogP contribution in [0.3, 0.4) is 0 Å². The van der Waals surface area contributed by atoms with Crippen LogP contribution in [0, 0.1) is 18.2 Å². The molecule has 53 heavy (non-hydrogen) atoms. The number of ether oxygens (including phenoxy) is 2. The van der Waals surface area contributed by atoms with Crippen LogP contribution in [0.25, 0.3) is 0 Å². The summed E-state index contributed by atoms with van der Waals surface area (Å²) in [5.74, 6) is -0.501. The number of aryl methyl sites for hydroxylation is 2. The third-order valence-corrected chi connectivity index (χ3v) is 9.86. The van der Waals surface area contributed by atoms with Crippen molar-refractivity contribution in [2.45, 2.75) is 77.9 Å². The number of benzene rings is 2. The molecule has 0 saturated carbocycles. The molecule has 0 saturated heterocycles. The first-order chi connectivity index (χ1) is 25.0. The number of terminal acetylenes is 1. The van der Waals surface area contributed by atoms with Gasteiger partial charge in [0.15, 0.2) is 13.5 Å². The zero-order chi connectivity index (χ0) is 40.0. The summed E-state index contributed by atoms with van der Waals surface area (Å²) in [6.07, 6.45) is 9.22. The van der Waals surface area contributed by atoms with Crippen LogP contribution >= 0.6 is 30.6 Å². The highest BCUT2D eigenvalue weighted by Crippen LogP contribution is 2.40. The van der Waals surface area contributed by atoms with E-state index < -0.39 is 43.1 Å². The SMILES string of the molecule is C#CC(C)Oc1cc(N2C(=O)C3=C(CCCC3)C2=O)c(F)cc1Cl.CCc1cccc(CC)c1N(COC)C(=O)CCl.CP(=O)(O)CCC(N)C(=O)O. The van der Waals surface area contributed by atoms with Crippen LogP contribution < -0.4 is 20.3 Å². The lowest BCUT2D eigenvalue weighted by molar-refractivity contribution is -0.138. The van der Waals surface area contributed by atoms with Gasteiger partial charge in [0, 0.05) is 37.1 Å². The molecule has 1 aliphatic carbocycles. The molecule has 1 aliphatic heterocycles. The summed E-state index contributed by atoms with van der Waals surface area (Å²) >= 11 is 11.6. The summed E-state index contributed by atoms with van der Waals surface area (Å²) in [5, 5.41) is 8.31. The van der Waals surface area contributed by atoms with E-state index in [4.69, 9.17) is 54.8 Å². The molecule has 3 amide bonds. The van der Waals surface area contributed by atoms with Gasteiger partial charge in [-0.05, 0) is 69.1 Å². The van der Waals surface area contributed by atoms with Gasteiger partial charge in [0.25, 0.3) is 11.8 Å². The van der Waals surface area contributed by atoms with E-state index in [1.807, 2.05) is 18.2 Å². The summed E-state index contributed by atoms with van der Waals surface area (Å²) in [6.45, 7) is 7.20. The second-order valence-electron chi connectivity index (χ2n) is 12.3. The van der Waals surface area contributed by atoms with Crippen molar-refractivity contribution < 1.29 is 47.6 Å². The molecule has 4 N–H and O–H groups in total. The van der Waals surface area contributed by atoms with Crippen molar-refractivity contribution in [2.75, 3.05) is 42.3 Å². The number of hydrogen-bond acceptors (Lipinski definition) is 8. The topological polar surface area (TPSA) is 177 Å². The second-order valence-corrected chi connectivity index (χ2v) is 15.5. The number of aliphatic carboxylic acids is 1. The molecule has 3 atom stereocenters. The first kappa shape index (κ1) is 45.4. The number of carbonyl (C=O) groups is 4. The quantitative estimate of drug-likeness (QED) is 0.0686. The average Bonchev–Trinajstić information content (AvgIpc) is 3.38. The van der Waals surface area contributed by atoms with Crippen LogP contribution in [-0.4, -0.2) is 78.4 Å². The number of rotatable bonds is 13. The number of amides is 3. The van der Waals surface area contributed by atoms with Crippen molar-refractivity contribution in [2.24, 2.45) is 5.73 Å². The number of methoxy groups -OCH3 is 1. The Morgan fingerprint density at radius 1 is 1.13 bits per heavy atom. The van der Waals surface area contributed by atoms with E-state index in [-0.39, 0.29) is 47.6 Å². The van der Waals surface area contributed by atoms with E-state index in [1.54, 1.807) is 18.9 Å². The number of anilines is 2. The first-order valence-electron chi connectivity index (χ1n) is 16.9. The van der Waals surface area contributed by atoms with Gasteiger partial charge in [-0.25, -0.2) is 9.29 Å². The maximum Gasteiger partial charge on any atom is 0.320 e. The Morgan fingerprint density at radius 3 is 2.11 bits per heavy atom. The van der Waals surface area contributed by atoms with Crippen molar-refractivity contribution in [3.63, 3.8) is 0 Å². The van der Waals surface area contributed by atoms with Crippen LogP contribution in [0.15, 0.2) is 41.5 Å². The van der Waals surface area contributed by atoms with Gasteiger partial charge in [-0.2, -0.15) is 0 Å². The van der Waals surface area contributed by atoms with Crippen LogP contribution in [0.2, 0.25) is 5.02 Å². The van der Waals surface area contributed by atoms with E-state index in [0.29, 0.717) is 24.0 Å². The van der Waals surface area contributed by atoms with Crippen LogP contribution in [0.1, 0.15) is 64.0 Å². The highest BCUT2D eigenvalue weighted by molar-refractivity contribution is 7.57. The molecule has 0 radical (unpaired) electrons. The van der Waals surface area contributed by atoms with Gasteiger partial charge in [-0.3, -0.25) is 28.6 Å². The number of alkyl halides is 1. The maximum absolute atomic E-state index is 14.4. The minimum Gasteiger partial charge on any atom is -0.480 e. The smallest absolute Gasteiger partial charge is 0.320 e. The van der Waals surface area contributed by atoms with E-state index in [1.165, 1.54) is 12.7 Å². The van der Waals surface area contributed by atoms with Crippen molar-refractivity contribution in [3.8, 4) is 18.1 Å². The summed E-state index contributed by atoms with van der Waals surface area (Å²) < 4.78 is 35.6. The fourth-order valence-electron chi connectivity index (χ4n) is 5.49. The van der Waals surface area contributed by atoms with Gasteiger partial charge in [-0.15, -0.1) is 18.0 Å². The molecule has 2 aromatic carbocycles. The highest BCUT2D eigenvalue weighted by Gasteiger charge is 2.41. The Morgan fingerprint density at radius 2 is 1.68 bits per heavy atom. The predicted molar refractivity (Wildman–Crippen MR) is 204 cm³/mol. The fraction of sp³-hybridized carbons (Fsp3) is 0.459. The van der Waals surface area contributed by atoms with Crippen molar-refractivity contribution in [1.29, 1.82) is 0 Å². The molecule has 3 unspecified atom stereocenters. The average molecular weight is 799 g/mol. The zero-order valence-corrected chi connectivity index (χ0v) is 32.9. The van der Waals surface area contributed by atoms with Crippen molar-refractivity contribution in [1.82, 2.24) is 0 Å². The molecular formula is C37H47Cl2FN3O9P. The van der Waals surface area contributed by atoms with Gasteiger partial charge in [0.05, 0.1) is 16.4 Å². The number of carboxylic acids is 1. The van der Waals surface area contributed by atoms with Crippen LogP contribution in [0.4, 0.5) is 15.8 Å². The van der Waals surface area contributed by atoms with Crippen molar-refractivity contribution in [3.05, 3.63) is 63.4 Å². The lowest BCUT2D eigenvalue weighted by Gasteiger charge is -2.26. The van der Waals surface area contributed by atoms with Gasteiger partial charge < -0.3 is 25.2 Å². The van der Waals surface area contributed by atoms with Gasteiger partial charge in [0.2, 0.25) is 5.91 Å². The fourth-order valence-corrected chi connectivity index (χ4v) is 6.59. The number of nitrogens with zero attached hydrogens (tertiary/aromatic N) is 2. The van der Waals surface area contributed by atoms with Crippen LogP contribution in [-0.2, 0) is 41.3 Å². The Kier molecular flexibility index (Phi) is 18.2. The molecule has 1 heterocycles. The molecule has 290 valence electrons. The number of hydrogen-bond donors (Lipinski definition) is 3. The molecule has 2 aliphatic rings. The van der Waals surface area contributed by atoms with Gasteiger partial charge >= 0.3 is 5.97 Å². The van der Waals surface area contributed by atoms with E-state index in [9.17, 15) is 28.1 Å². The Hall–Kier alpha value is -3.76. The Balaban J connectivity index is 0.000000297. The predicted octanol–water partition coefficient (Wildman–Crippen LogP) is 6.30. The van der Waals surface area contributed by atoms with E-state index in [0.717, 1.165) is 53.5 Å². The Bertz CT molecular complexity index is 1730. The standard InChI is InChI=1S/C18H15ClFNO3.C14H20ClNO2.C5H12NO4P/c1-3-10(2)24-16-9-15(14(20)8-13(16)19)21-17(22)11-6-4-5-7-12(11)18(21)23;1-4-11-7-6-8-12(5-2)14(11)16(10-18-3)13(17)9-15;1-11(9,10)3-2-4(6)5(7)8/h1,8-10H,4-7H2,2H3;6-8H,4-5,9-10H2,1-3H3;4H,2-3,6H2,1H3,(H,7,8)(H,9,10). The third-order valence-electron chi connectivity index (χ3n) is 8.25. The van der Waals surface area contributed by atoms with Crippen LogP contribution in [0.5, 0.6) is 5.75 Å². The molecule has 0 bridgehead atoms. The molecule has 0 spiro atoms. The van der Waals surface area contributed by atoms with E-state index >= 15 is 0 Å². The van der Waals surface area contributed by atoms with Gasteiger partial charge in [-0.1, -0.05) is 49.6 Å². The number of carbonyl (C=O) groups excluding carboxylic acids is 3. The normalized spacial score (nSPS) is 15.8. The molecule has 12 nitrogen and oxygen atoms in total. The summed E-state index contributed by atoms with van der Waals surface area (Å²) in [5.41, 5.74) is 9.14. The number of nitrogens with two attached hydrogens (primary N) is 1. The van der Waals surface area contributed by atoms with Gasteiger partial charge in [0.1, 0.15) is 30.2 Å². The summed E-state index contributed by atoms with van der Waals surface area (Å²) in [4.78, 5) is 58.4. The zero-order valence-electron chi connectivity index (χ0n) is 30.5. The van der Waals surface area contributed by atoms with E-state index in [2.05, 4.69) is 19.8 Å². The number of para-hydroxylation sites is 1. The maximum atomic E-state index is 14.4. The first-order valence-corrected chi connectivity index (χ1v) is 20.1. The number of imide groups is 1. The summed E-state index contributed by atoms with van der Waals surface area (Å²) in [7, 11) is -1.52. The monoisotopic (exact) mass is 797 g/mol.